The Morgan fingerprint density at radius 1 is 1.15 bits per heavy atom. The minimum Gasteiger partial charge on any atom is -0.360 e. The number of hydrogen-bond acceptors (Lipinski definition) is 4. The molecule has 6 rings (SSSR count). The summed E-state index contributed by atoms with van der Waals surface area (Å²) < 4.78 is 1.08. The van der Waals surface area contributed by atoms with E-state index in [-0.39, 0.29) is 35.1 Å². The van der Waals surface area contributed by atoms with E-state index in [0.717, 1.165) is 50.7 Å². The number of H-pyrrole nitrogens is 2. The number of aromatic amines is 2. The molecule has 1 aromatic carbocycles. The average molecular weight is 579 g/mol. The van der Waals surface area contributed by atoms with Gasteiger partial charge in [0.1, 0.15) is 0 Å². The fraction of sp³-hybridized carbons (Fsp3) is 0.452. The van der Waals surface area contributed by atoms with E-state index < -0.39 is 5.92 Å². The van der Waals surface area contributed by atoms with E-state index in [0.29, 0.717) is 37.6 Å². The molecule has 2 aliphatic heterocycles. The molecule has 210 valence electrons. The maximum atomic E-state index is 13.9. The molecule has 0 radical (unpaired) electrons. The number of amides is 2. The van der Waals surface area contributed by atoms with Gasteiger partial charge in [-0.2, -0.15) is 0 Å². The number of rotatable bonds is 4. The van der Waals surface area contributed by atoms with Gasteiger partial charge in [-0.3, -0.25) is 14.4 Å². The SMILES string of the molecule is CC(C)(C)CN1Cc2c(cc(Cl)c3[nH]ccc23)CC(CC(=O)N2CCC(c3cc4sccc4[nH]c3=O)CC2)C1=O. The third kappa shape index (κ3) is 5.19. The van der Waals surface area contributed by atoms with Gasteiger partial charge in [-0.25, -0.2) is 0 Å². The van der Waals surface area contributed by atoms with Crippen molar-refractivity contribution in [2.45, 2.75) is 58.9 Å². The number of pyridine rings is 1. The molecular weight excluding hydrogens is 544 g/mol. The molecule has 1 saturated heterocycles. The minimum atomic E-state index is -0.439. The standard InChI is InChI=1S/C31H35ClN4O3S/c1-31(2,3)17-36-16-23-19(13-24(32)28-21(23)4-8-33-28)12-20(30(36)39)14-27(37)35-9-5-18(6-10-35)22-15-26-25(7-11-40-26)34-29(22)38/h4,7-8,11,13,15,18,20,33H,5-6,9-10,12,14,16-17H2,1-3H3,(H,34,38). The molecule has 2 amide bonds. The topological polar surface area (TPSA) is 89.3 Å². The van der Waals surface area contributed by atoms with Crippen LogP contribution >= 0.6 is 22.9 Å². The first kappa shape index (κ1) is 27.1. The number of thiophene rings is 1. The van der Waals surface area contributed by atoms with Crippen molar-refractivity contribution in [1.29, 1.82) is 0 Å². The second-order valence-electron chi connectivity index (χ2n) is 12.5. The molecule has 4 aromatic rings. The largest absolute Gasteiger partial charge is 0.360 e. The predicted molar refractivity (Wildman–Crippen MR) is 161 cm³/mol. The minimum absolute atomic E-state index is 0.00685. The van der Waals surface area contributed by atoms with Crippen molar-refractivity contribution in [2.24, 2.45) is 11.3 Å². The summed E-state index contributed by atoms with van der Waals surface area (Å²) >= 11 is 8.24. The van der Waals surface area contributed by atoms with Crippen LogP contribution in [-0.2, 0) is 22.6 Å². The molecule has 0 saturated carbocycles. The molecule has 0 aliphatic carbocycles. The van der Waals surface area contributed by atoms with E-state index >= 15 is 0 Å². The molecule has 7 nitrogen and oxygen atoms in total. The third-order valence-corrected chi connectivity index (χ3v) is 9.50. The number of fused-ring (bicyclic) bond motifs is 4. The summed E-state index contributed by atoms with van der Waals surface area (Å²) in [5.41, 5.74) is 4.61. The zero-order valence-corrected chi connectivity index (χ0v) is 24.8. The zero-order chi connectivity index (χ0) is 28.2. The molecule has 1 atom stereocenters. The molecule has 2 N–H and O–H groups in total. The molecule has 1 fully saturated rings. The number of nitrogens with one attached hydrogen (secondary N) is 2. The van der Waals surface area contributed by atoms with Gasteiger partial charge in [-0.15, -0.1) is 11.3 Å². The third-order valence-electron chi connectivity index (χ3n) is 8.34. The second kappa shape index (κ2) is 10.4. The Kier molecular flexibility index (Phi) is 7.03. The molecule has 9 heteroatoms. The Balaban J connectivity index is 1.20. The van der Waals surface area contributed by atoms with Crippen LogP contribution < -0.4 is 5.56 Å². The van der Waals surface area contributed by atoms with E-state index in [2.05, 4.69) is 30.7 Å². The lowest BCUT2D eigenvalue weighted by Crippen LogP contribution is -2.43. The monoisotopic (exact) mass is 578 g/mol. The van der Waals surface area contributed by atoms with Crippen molar-refractivity contribution < 1.29 is 9.59 Å². The summed E-state index contributed by atoms with van der Waals surface area (Å²) in [5, 5.41) is 3.66. The Morgan fingerprint density at radius 3 is 2.67 bits per heavy atom. The summed E-state index contributed by atoms with van der Waals surface area (Å²) in [4.78, 5) is 50.2. The number of piperidine rings is 1. The van der Waals surface area contributed by atoms with Crippen LogP contribution in [0.5, 0.6) is 0 Å². The lowest BCUT2D eigenvalue weighted by Gasteiger charge is -2.34. The van der Waals surface area contributed by atoms with Crippen LogP contribution in [0.2, 0.25) is 5.02 Å². The quantitative estimate of drug-likeness (QED) is 0.308. The fourth-order valence-electron chi connectivity index (χ4n) is 6.44. The molecular formula is C31H35ClN4O3S. The Labute approximate surface area is 242 Å². The van der Waals surface area contributed by atoms with Gasteiger partial charge < -0.3 is 19.8 Å². The van der Waals surface area contributed by atoms with Crippen molar-refractivity contribution in [3.63, 3.8) is 0 Å². The second-order valence-corrected chi connectivity index (χ2v) is 13.9. The molecule has 0 spiro atoms. The Morgan fingerprint density at radius 2 is 1.93 bits per heavy atom. The average Bonchev–Trinajstić information content (AvgIpc) is 3.56. The number of halogens is 1. The van der Waals surface area contributed by atoms with Gasteiger partial charge in [0.25, 0.3) is 5.56 Å². The number of nitrogens with zero attached hydrogens (tertiary/aromatic N) is 2. The van der Waals surface area contributed by atoms with Crippen LogP contribution in [-0.4, -0.2) is 51.2 Å². The van der Waals surface area contributed by atoms with Gasteiger partial charge in [0, 0.05) is 49.7 Å². The molecule has 3 aromatic heterocycles. The first-order valence-corrected chi connectivity index (χ1v) is 15.3. The Hall–Kier alpha value is -3.10. The number of aromatic nitrogens is 2. The predicted octanol–water partition coefficient (Wildman–Crippen LogP) is 6.07. The highest BCUT2D eigenvalue weighted by atomic mass is 35.5. The van der Waals surface area contributed by atoms with Crippen LogP contribution in [0, 0.1) is 11.3 Å². The summed E-state index contributed by atoms with van der Waals surface area (Å²) in [6.07, 6.45) is 4.03. The van der Waals surface area contributed by atoms with Crippen LogP contribution in [0.25, 0.3) is 21.1 Å². The normalized spacial score (nSPS) is 18.9. The number of carbonyl (C=O) groups is 2. The summed E-state index contributed by atoms with van der Waals surface area (Å²) in [7, 11) is 0. The molecule has 1 unspecified atom stereocenters. The van der Waals surface area contributed by atoms with E-state index in [4.69, 9.17) is 11.6 Å². The lowest BCUT2D eigenvalue weighted by molar-refractivity contribution is -0.142. The van der Waals surface area contributed by atoms with Crippen LogP contribution in [0.4, 0.5) is 0 Å². The zero-order valence-electron chi connectivity index (χ0n) is 23.2. The van der Waals surface area contributed by atoms with Gasteiger partial charge in [0.2, 0.25) is 11.8 Å². The van der Waals surface area contributed by atoms with Crippen molar-refractivity contribution >= 4 is 55.9 Å². The first-order chi connectivity index (χ1) is 19.1. The maximum absolute atomic E-state index is 13.9. The summed E-state index contributed by atoms with van der Waals surface area (Å²) in [6.45, 7) is 8.69. The smallest absolute Gasteiger partial charge is 0.251 e. The van der Waals surface area contributed by atoms with E-state index in [9.17, 15) is 14.4 Å². The number of hydrogen-bond donors (Lipinski definition) is 2. The van der Waals surface area contributed by atoms with Crippen LogP contribution in [0.3, 0.4) is 0 Å². The van der Waals surface area contributed by atoms with Gasteiger partial charge in [-0.1, -0.05) is 32.4 Å². The number of carbonyl (C=O) groups excluding carboxylic acids is 2. The van der Waals surface area contributed by atoms with E-state index in [1.807, 2.05) is 45.6 Å². The highest BCUT2D eigenvalue weighted by Gasteiger charge is 2.36. The van der Waals surface area contributed by atoms with Crippen molar-refractivity contribution in [1.82, 2.24) is 19.8 Å². The van der Waals surface area contributed by atoms with Gasteiger partial charge in [-0.05, 0) is 71.4 Å². The lowest BCUT2D eigenvalue weighted by atomic mass is 9.89. The summed E-state index contributed by atoms with van der Waals surface area (Å²) in [6, 6.07) is 7.93. The number of likely N-dealkylation sites (tertiary alicyclic amines) is 1. The fourth-order valence-corrected chi connectivity index (χ4v) is 7.52. The molecule has 40 heavy (non-hydrogen) atoms. The molecule has 2 aliphatic rings. The van der Waals surface area contributed by atoms with Gasteiger partial charge in [0.15, 0.2) is 0 Å². The number of benzene rings is 1. The van der Waals surface area contributed by atoms with E-state index in [1.165, 1.54) is 0 Å². The van der Waals surface area contributed by atoms with Crippen molar-refractivity contribution in [3.05, 3.63) is 67.9 Å². The van der Waals surface area contributed by atoms with Gasteiger partial charge in [0.05, 0.1) is 26.7 Å². The summed E-state index contributed by atoms with van der Waals surface area (Å²) in [5.74, 6) is -0.276. The van der Waals surface area contributed by atoms with E-state index in [1.54, 1.807) is 11.3 Å². The Bertz CT molecular complexity index is 1650. The van der Waals surface area contributed by atoms with Gasteiger partial charge >= 0.3 is 0 Å². The highest BCUT2D eigenvalue weighted by Crippen LogP contribution is 2.36. The van der Waals surface area contributed by atoms with Crippen LogP contribution in [0.15, 0.2) is 40.6 Å². The van der Waals surface area contributed by atoms with Crippen molar-refractivity contribution in [2.75, 3.05) is 19.6 Å². The first-order valence-electron chi connectivity index (χ1n) is 14.0. The van der Waals surface area contributed by atoms with Crippen molar-refractivity contribution in [3.8, 4) is 0 Å². The highest BCUT2D eigenvalue weighted by molar-refractivity contribution is 7.17. The molecule has 0 bridgehead atoms. The molecule has 5 heterocycles. The maximum Gasteiger partial charge on any atom is 0.251 e. The van der Waals surface area contributed by atoms with Crippen LogP contribution in [0.1, 0.15) is 62.6 Å².